The smallest absolute Gasteiger partial charge is 0.369 e. The van der Waals surface area contributed by atoms with Crippen molar-refractivity contribution in [2.45, 2.75) is 32.2 Å². The highest BCUT2D eigenvalue weighted by molar-refractivity contribution is 7.13. The van der Waals surface area contributed by atoms with Crippen molar-refractivity contribution in [3.05, 3.63) is 10.0 Å². The van der Waals surface area contributed by atoms with Crippen molar-refractivity contribution in [2.75, 3.05) is 13.2 Å². The van der Waals surface area contributed by atoms with Gasteiger partial charge in [-0.15, -0.1) is 10.2 Å². The van der Waals surface area contributed by atoms with E-state index in [9.17, 15) is 4.79 Å². The molecule has 1 unspecified atom stereocenters. The molecule has 16 heavy (non-hydrogen) atoms. The number of hydrogen-bond acceptors (Lipinski definition) is 6. The van der Waals surface area contributed by atoms with Crippen LogP contribution in [0.2, 0.25) is 0 Å². The first-order valence-corrected chi connectivity index (χ1v) is 6.37. The van der Waals surface area contributed by atoms with Gasteiger partial charge in [-0.05, 0) is 26.3 Å². The summed E-state index contributed by atoms with van der Waals surface area (Å²) in [5.74, 6) is -0.373. The van der Waals surface area contributed by atoms with Crippen molar-refractivity contribution in [1.82, 2.24) is 15.5 Å². The van der Waals surface area contributed by atoms with Crippen LogP contribution < -0.4 is 5.32 Å². The third kappa shape index (κ3) is 2.56. The Morgan fingerprint density at radius 1 is 1.56 bits per heavy atom. The Hall–Kier alpha value is -1.01. The van der Waals surface area contributed by atoms with Gasteiger partial charge in [0.15, 0.2) is 0 Å². The van der Waals surface area contributed by atoms with Crippen LogP contribution in [0.1, 0.15) is 47.0 Å². The summed E-state index contributed by atoms with van der Waals surface area (Å²) in [5, 5.41) is 12.5. The predicted octanol–water partition coefficient (Wildman–Crippen LogP) is 1.53. The summed E-state index contributed by atoms with van der Waals surface area (Å²) in [6.07, 6.45) is 3.48. The molecule has 0 saturated carbocycles. The van der Waals surface area contributed by atoms with E-state index < -0.39 is 0 Å². The van der Waals surface area contributed by atoms with Crippen LogP contribution in [0, 0.1) is 0 Å². The van der Waals surface area contributed by atoms with Crippen LogP contribution >= 0.6 is 11.3 Å². The molecule has 0 bridgehead atoms. The van der Waals surface area contributed by atoms with Crippen LogP contribution in [0.25, 0.3) is 0 Å². The van der Waals surface area contributed by atoms with E-state index >= 15 is 0 Å². The number of esters is 1. The summed E-state index contributed by atoms with van der Waals surface area (Å²) in [6.45, 7) is 3.16. The maximum atomic E-state index is 11.4. The number of nitrogens with one attached hydrogen (secondary N) is 1. The normalized spacial score (nSPS) is 20.7. The second-order valence-electron chi connectivity index (χ2n) is 3.67. The van der Waals surface area contributed by atoms with Crippen LogP contribution in [0.15, 0.2) is 0 Å². The third-order valence-corrected chi connectivity index (χ3v) is 3.52. The fourth-order valence-electron chi connectivity index (χ4n) is 1.71. The Labute approximate surface area is 98.2 Å². The lowest BCUT2D eigenvalue weighted by Crippen LogP contribution is -2.26. The number of hydrogen-bond donors (Lipinski definition) is 1. The van der Waals surface area contributed by atoms with E-state index in [0.29, 0.717) is 11.6 Å². The van der Waals surface area contributed by atoms with Gasteiger partial charge in [0.25, 0.3) is 0 Å². The van der Waals surface area contributed by atoms with E-state index in [1.54, 1.807) is 6.92 Å². The number of piperidine rings is 1. The maximum absolute atomic E-state index is 11.4. The Kier molecular flexibility index (Phi) is 3.84. The number of ether oxygens (including phenoxy) is 1. The molecule has 0 spiro atoms. The van der Waals surface area contributed by atoms with Gasteiger partial charge in [0, 0.05) is 0 Å². The lowest BCUT2D eigenvalue weighted by Gasteiger charge is -2.20. The van der Waals surface area contributed by atoms with Crippen LogP contribution in [0.4, 0.5) is 0 Å². The summed E-state index contributed by atoms with van der Waals surface area (Å²) >= 11 is 1.33. The minimum atomic E-state index is -0.373. The van der Waals surface area contributed by atoms with Crippen molar-refractivity contribution in [3.63, 3.8) is 0 Å². The molecular formula is C10H15N3O2S. The quantitative estimate of drug-likeness (QED) is 0.813. The zero-order chi connectivity index (χ0) is 11.4. The molecule has 0 amide bonds. The lowest BCUT2D eigenvalue weighted by molar-refractivity contribution is 0.0525. The van der Waals surface area contributed by atoms with Gasteiger partial charge in [0.05, 0.1) is 12.6 Å². The molecular weight excluding hydrogens is 226 g/mol. The van der Waals surface area contributed by atoms with Crippen LogP contribution in [-0.2, 0) is 4.74 Å². The fraction of sp³-hybridized carbons (Fsp3) is 0.700. The van der Waals surface area contributed by atoms with Gasteiger partial charge in [-0.25, -0.2) is 4.79 Å². The molecule has 0 aromatic carbocycles. The predicted molar refractivity (Wildman–Crippen MR) is 60.5 cm³/mol. The first-order valence-electron chi connectivity index (χ1n) is 5.55. The number of aromatic nitrogens is 2. The lowest BCUT2D eigenvalue weighted by atomic mass is 10.1. The van der Waals surface area contributed by atoms with Gasteiger partial charge in [0.2, 0.25) is 5.01 Å². The van der Waals surface area contributed by atoms with Gasteiger partial charge in [-0.2, -0.15) is 0 Å². The monoisotopic (exact) mass is 241 g/mol. The van der Waals surface area contributed by atoms with Crippen molar-refractivity contribution in [2.24, 2.45) is 0 Å². The Morgan fingerprint density at radius 2 is 2.44 bits per heavy atom. The summed E-state index contributed by atoms with van der Waals surface area (Å²) in [6, 6.07) is 0.259. The number of nitrogens with zero attached hydrogens (tertiary/aromatic N) is 2. The molecule has 6 heteroatoms. The summed E-state index contributed by atoms with van der Waals surface area (Å²) in [7, 11) is 0. The first kappa shape index (κ1) is 11.5. The van der Waals surface area contributed by atoms with Gasteiger partial charge in [-0.3, -0.25) is 0 Å². The van der Waals surface area contributed by atoms with Gasteiger partial charge in [0.1, 0.15) is 5.01 Å². The molecule has 2 heterocycles. The van der Waals surface area contributed by atoms with Crippen molar-refractivity contribution < 1.29 is 9.53 Å². The van der Waals surface area contributed by atoms with Gasteiger partial charge < -0.3 is 10.1 Å². The van der Waals surface area contributed by atoms with Crippen molar-refractivity contribution >= 4 is 17.3 Å². The van der Waals surface area contributed by atoms with E-state index in [1.807, 2.05) is 0 Å². The molecule has 0 aliphatic carbocycles. The molecule has 2 rings (SSSR count). The largest absolute Gasteiger partial charge is 0.461 e. The zero-order valence-electron chi connectivity index (χ0n) is 9.23. The Morgan fingerprint density at radius 3 is 3.12 bits per heavy atom. The molecule has 1 aliphatic heterocycles. The number of carbonyl (C=O) groups excluding carboxylic acids is 1. The topological polar surface area (TPSA) is 64.1 Å². The molecule has 1 atom stereocenters. The maximum Gasteiger partial charge on any atom is 0.369 e. The average molecular weight is 241 g/mol. The fourth-order valence-corrected chi connectivity index (χ4v) is 2.56. The van der Waals surface area contributed by atoms with Gasteiger partial charge >= 0.3 is 5.97 Å². The molecule has 5 nitrogen and oxygen atoms in total. The van der Waals surface area contributed by atoms with Crippen molar-refractivity contribution in [1.29, 1.82) is 0 Å². The first-order chi connectivity index (χ1) is 7.81. The third-order valence-electron chi connectivity index (χ3n) is 2.50. The highest BCUT2D eigenvalue weighted by Gasteiger charge is 2.21. The Bertz CT molecular complexity index is 361. The number of rotatable bonds is 3. The minimum absolute atomic E-state index is 0.259. The van der Waals surface area contributed by atoms with E-state index in [0.717, 1.165) is 18.0 Å². The van der Waals surface area contributed by atoms with E-state index in [2.05, 4.69) is 15.5 Å². The van der Waals surface area contributed by atoms with E-state index in [-0.39, 0.29) is 12.0 Å². The highest BCUT2D eigenvalue weighted by atomic mass is 32.1. The Balaban J connectivity index is 2.03. The highest BCUT2D eigenvalue weighted by Crippen LogP contribution is 2.25. The molecule has 1 aromatic rings. The molecule has 1 N–H and O–H groups in total. The van der Waals surface area contributed by atoms with Crippen molar-refractivity contribution in [3.8, 4) is 0 Å². The molecule has 1 aliphatic rings. The summed E-state index contributed by atoms with van der Waals surface area (Å²) < 4.78 is 4.88. The van der Waals surface area contributed by atoms with Crippen LogP contribution in [0.5, 0.6) is 0 Å². The van der Waals surface area contributed by atoms with E-state index in [4.69, 9.17) is 4.74 Å². The molecule has 1 aromatic heterocycles. The minimum Gasteiger partial charge on any atom is -0.461 e. The van der Waals surface area contributed by atoms with E-state index in [1.165, 1.54) is 24.2 Å². The summed E-state index contributed by atoms with van der Waals surface area (Å²) in [4.78, 5) is 11.4. The molecule has 1 saturated heterocycles. The summed E-state index contributed by atoms with van der Waals surface area (Å²) in [5.41, 5.74) is 0. The second kappa shape index (κ2) is 5.36. The SMILES string of the molecule is CCOC(=O)c1nnc(C2CCCCN2)s1. The average Bonchev–Trinajstić information content (AvgIpc) is 2.80. The molecule has 88 valence electrons. The van der Waals surface area contributed by atoms with Crippen LogP contribution in [0.3, 0.4) is 0 Å². The zero-order valence-corrected chi connectivity index (χ0v) is 10.0. The standard InChI is InChI=1S/C10H15N3O2S/c1-2-15-10(14)9-13-12-8(16-9)7-5-3-4-6-11-7/h7,11H,2-6H2,1H3. The molecule has 1 fully saturated rings. The molecule has 0 radical (unpaired) electrons. The second-order valence-corrected chi connectivity index (χ2v) is 4.68. The van der Waals surface area contributed by atoms with Crippen LogP contribution in [-0.4, -0.2) is 29.3 Å². The van der Waals surface area contributed by atoms with Gasteiger partial charge in [-0.1, -0.05) is 17.8 Å². The number of carbonyl (C=O) groups is 1.